The lowest BCUT2D eigenvalue weighted by molar-refractivity contribution is -0.148. The number of methoxy groups -OCH3 is 1. The normalized spacial score (nSPS) is 16.6. The van der Waals surface area contributed by atoms with Gasteiger partial charge in [-0.25, -0.2) is 4.79 Å². The van der Waals surface area contributed by atoms with Gasteiger partial charge in [-0.2, -0.15) is 0 Å². The average Bonchev–Trinajstić information content (AvgIpc) is 2.90. The number of imide groups is 1. The van der Waals surface area contributed by atoms with E-state index in [0.29, 0.717) is 34.7 Å². The molecule has 27 heavy (non-hydrogen) atoms. The van der Waals surface area contributed by atoms with E-state index in [1.807, 2.05) is 13.8 Å². The number of halogens is 1. The molecule has 0 aromatic heterocycles. The maximum atomic E-state index is 12.6. The Morgan fingerprint density at radius 2 is 1.93 bits per heavy atom. The van der Waals surface area contributed by atoms with Gasteiger partial charge in [0.15, 0.2) is 11.5 Å². The van der Waals surface area contributed by atoms with E-state index < -0.39 is 23.2 Å². The smallest absolute Gasteiger partial charge is 0.328 e. The molecule has 2 amide bonds. The monoisotopic (exact) mass is 457 g/mol. The zero-order chi connectivity index (χ0) is 20.1. The first-order chi connectivity index (χ1) is 12.8. The van der Waals surface area contributed by atoms with Gasteiger partial charge in [-0.1, -0.05) is 0 Å². The van der Waals surface area contributed by atoms with Crippen LogP contribution in [0.4, 0.5) is 4.79 Å². The molecule has 1 heterocycles. The molecule has 1 fully saturated rings. The van der Waals surface area contributed by atoms with Gasteiger partial charge in [0.25, 0.3) is 11.1 Å². The maximum absolute atomic E-state index is 12.6. The van der Waals surface area contributed by atoms with Crippen molar-refractivity contribution in [1.29, 1.82) is 0 Å². The molecule has 1 saturated heterocycles. The molecule has 0 spiro atoms. The van der Waals surface area contributed by atoms with Crippen LogP contribution in [0, 0.1) is 0 Å². The molecule has 9 heteroatoms. The van der Waals surface area contributed by atoms with E-state index in [0.717, 1.165) is 16.7 Å². The average molecular weight is 458 g/mol. The lowest BCUT2D eigenvalue weighted by Crippen LogP contribution is -2.42. The summed E-state index contributed by atoms with van der Waals surface area (Å²) in [6.07, 6.45) is 1.58. The fourth-order valence-electron chi connectivity index (χ4n) is 2.46. The van der Waals surface area contributed by atoms with Crippen LogP contribution in [0.25, 0.3) is 6.08 Å². The predicted molar refractivity (Wildman–Crippen MR) is 106 cm³/mol. The Morgan fingerprint density at radius 3 is 2.52 bits per heavy atom. The summed E-state index contributed by atoms with van der Waals surface area (Å²) in [5.41, 5.74) is 0.657. The highest BCUT2D eigenvalue weighted by Crippen LogP contribution is 2.39. The van der Waals surface area contributed by atoms with Gasteiger partial charge < -0.3 is 14.2 Å². The predicted octanol–water partition coefficient (Wildman–Crippen LogP) is 3.84. The van der Waals surface area contributed by atoms with Gasteiger partial charge in [0.2, 0.25) is 0 Å². The summed E-state index contributed by atoms with van der Waals surface area (Å²) in [6, 6.07) is 2.52. The molecular weight excluding hydrogens is 438 g/mol. The molecule has 0 radical (unpaired) electrons. The molecule has 1 aliphatic heterocycles. The molecule has 0 N–H and O–H groups in total. The number of ether oxygens (including phenoxy) is 3. The van der Waals surface area contributed by atoms with Crippen LogP contribution in [0.15, 0.2) is 21.5 Å². The van der Waals surface area contributed by atoms with Crippen molar-refractivity contribution in [3.05, 3.63) is 27.1 Å². The molecule has 1 unspecified atom stereocenters. The van der Waals surface area contributed by atoms with E-state index >= 15 is 0 Å². The fraction of sp³-hybridized carbons (Fsp3) is 0.389. The van der Waals surface area contributed by atoms with Crippen molar-refractivity contribution in [2.24, 2.45) is 0 Å². The minimum atomic E-state index is -0.987. The maximum Gasteiger partial charge on any atom is 0.328 e. The summed E-state index contributed by atoms with van der Waals surface area (Å²) in [7, 11) is 1.21. The Labute approximate surface area is 170 Å². The number of benzene rings is 1. The lowest BCUT2D eigenvalue weighted by Gasteiger charge is -2.18. The zero-order valence-corrected chi connectivity index (χ0v) is 17.8. The summed E-state index contributed by atoms with van der Waals surface area (Å²) < 4.78 is 16.5. The molecule has 0 aliphatic carbocycles. The third-order valence-electron chi connectivity index (χ3n) is 3.67. The number of carbonyl (C=O) groups excluding carboxylic acids is 3. The van der Waals surface area contributed by atoms with E-state index in [2.05, 4.69) is 20.7 Å². The van der Waals surface area contributed by atoms with E-state index in [1.165, 1.54) is 14.0 Å². The fourth-order valence-corrected chi connectivity index (χ4v) is 3.94. The summed E-state index contributed by atoms with van der Waals surface area (Å²) in [4.78, 5) is 37.6. The van der Waals surface area contributed by atoms with Crippen LogP contribution in [-0.2, 0) is 14.3 Å². The Kier molecular flexibility index (Phi) is 7.32. The van der Waals surface area contributed by atoms with Crippen LogP contribution in [-0.4, -0.2) is 48.4 Å². The van der Waals surface area contributed by atoms with Gasteiger partial charge in [0.1, 0.15) is 6.04 Å². The van der Waals surface area contributed by atoms with Crippen LogP contribution in [0.2, 0.25) is 0 Å². The highest BCUT2D eigenvalue weighted by molar-refractivity contribution is 9.10. The largest absolute Gasteiger partial charge is 0.490 e. The number of nitrogens with zero attached hydrogens (tertiary/aromatic N) is 1. The first-order valence-electron chi connectivity index (χ1n) is 8.28. The molecule has 0 saturated carbocycles. The van der Waals surface area contributed by atoms with Crippen molar-refractivity contribution in [2.45, 2.75) is 26.8 Å². The quantitative estimate of drug-likeness (QED) is 0.454. The summed E-state index contributed by atoms with van der Waals surface area (Å²) in [6.45, 7) is 6.10. The Bertz CT molecular complexity index is 794. The van der Waals surface area contributed by atoms with Crippen molar-refractivity contribution in [2.75, 3.05) is 20.3 Å². The van der Waals surface area contributed by atoms with E-state index in [-0.39, 0.29) is 4.91 Å². The van der Waals surface area contributed by atoms with Crippen LogP contribution >= 0.6 is 27.7 Å². The van der Waals surface area contributed by atoms with Crippen molar-refractivity contribution < 1.29 is 28.6 Å². The van der Waals surface area contributed by atoms with Gasteiger partial charge in [0, 0.05) is 0 Å². The second-order valence-electron chi connectivity index (χ2n) is 5.45. The first-order valence-corrected chi connectivity index (χ1v) is 9.88. The van der Waals surface area contributed by atoms with E-state index in [9.17, 15) is 14.4 Å². The topological polar surface area (TPSA) is 82.1 Å². The number of rotatable bonds is 7. The highest BCUT2D eigenvalue weighted by atomic mass is 79.9. The van der Waals surface area contributed by atoms with Gasteiger partial charge in [-0.15, -0.1) is 0 Å². The third kappa shape index (κ3) is 4.65. The number of thioether (sulfide) groups is 1. The van der Waals surface area contributed by atoms with E-state index in [1.54, 1.807) is 18.2 Å². The van der Waals surface area contributed by atoms with Gasteiger partial charge in [0.05, 0.1) is 29.7 Å². The Balaban J connectivity index is 2.37. The second kappa shape index (κ2) is 9.27. The molecule has 1 aromatic carbocycles. The van der Waals surface area contributed by atoms with Crippen molar-refractivity contribution in [3.8, 4) is 11.5 Å². The minimum Gasteiger partial charge on any atom is -0.490 e. The van der Waals surface area contributed by atoms with Gasteiger partial charge >= 0.3 is 5.97 Å². The van der Waals surface area contributed by atoms with Crippen LogP contribution in [0.3, 0.4) is 0 Å². The zero-order valence-electron chi connectivity index (χ0n) is 15.4. The molecule has 2 rings (SSSR count). The lowest BCUT2D eigenvalue weighted by atomic mass is 10.1. The number of hydrogen-bond acceptors (Lipinski definition) is 7. The van der Waals surface area contributed by atoms with Crippen molar-refractivity contribution >= 4 is 50.9 Å². The molecule has 7 nitrogen and oxygen atoms in total. The second-order valence-corrected chi connectivity index (χ2v) is 7.29. The van der Waals surface area contributed by atoms with Crippen LogP contribution < -0.4 is 9.47 Å². The third-order valence-corrected chi connectivity index (χ3v) is 5.14. The SMILES string of the molecule is CCOc1cc(/C=C2/SC(=O)N(C(C)C(=O)OC)C2=O)cc(Br)c1OCC. The Morgan fingerprint density at radius 1 is 1.26 bits per heavy atom. The summed E-state index contributed by atoms with van der Waals surface area (Å²) >= 11 is 4.22. The first kappa shape index (κ1) is 21.3. The number of carbonyl (C=O) groups is 3. The number of hydrogen-bond donors (Lipinski definition) is 0. The summed E-state index contributed by atoms with van der Waals surface area (Å²) in [5, 5.41) is -0.515. The molecule has 146 valence electrons. The number of amides is 2. The van der Waals surface area contributed by atoms with Crippen LogP contribution in [0.1, 0.15) is 26.3 Å². The molecular formula is C18H20BrNO6S. The molecule has 1 aromatic rings. The van der Waals surface area contributed by atoms with E-state index in [4.69, 9.17) is 9.47 Å². The minimum absolute atomic E-state index is 0.217. The number of esters is 1. The molecule has 1 atom stereocenters. The van der Waals surface area contributed by atoms with Crippen molar-refractivity contribution in [3.63, 3.8) is 0 Å². The van der Waals surface area contributed by atoms with Crippen molar-refractivity contribution in [1.82, 2.24) is 4.90 Å². The molecule has 1 aliphatic rings. The highest BCUT2D eigenvalue weighted by Gasteiger charge is 2.41. The Hall–Kier alpha value is -2.00. The summed E-state index contributed by atoms with van der Waals surface area (Å²) in [5.74, 6) is -0.0853. The molecule has 0 bridgehead atoms. The van der Waals surface area contributed by atoms with Crippen LogP contribution in [0.5, 0.6) is 11.5 Å². The standard InChI is InChI=1S/C18H20BrNO6S/c1-5-25-13-8-11(7-12(19)15(13)26-6-2)9-14-16(21)20(18(23)27-14)10(3)17(22)24-4/h7-10H,5-6H2,1-4H3/b14-9+. The van der Waals surface area contributed by atoms with Gasteiger partial charge in [-0.05, 0) is 72.2 Å². The van der Waals surface area contributed by atoms with Gasteiger partial charge in [-0.3, -0.25) is 14.5 Å².